The van der Waals surface area contributed by atoms with Crippen molar-refractivity contribution in [3.05, 3.63) is 35.9 Å². The van der Waals surface area contributed by atoms with Gasteiger partial charge in [0.25, 0.3) is 0 Å². The summed E-state index contributed by atoms with van der Waals surface area (Å²) in [4.78, 5) is 22.4. The van der Waals surface area contributed by atoms with Crippen LogP contribution in [0.5, 0.6) is 0 Å². The molecule has 5 heteroatoms. The van der Waals surface area contributed by atoms with Crippen LogP contribution in [0.15, 0.2) is 30.3 Å². The van der Waals surface area contributed by atoms with Gasteiger partial charge < -0.3 is 9.47 Å². The normalized spacial score (nSPS) is 19.8. The Balaban J connectivity index is 1.82. The zero-order chi connectivity index (χ0) is 11.4. The second-order valence-corrected chi connectivity index (χ2v) is 4.41. The molecule has 1 atom stereocenters. The summed E-state index contributed by atoms with van der Waals surface area (Å²) in [5.74, 6) is -0.399. The third-order valence-corrected chi connectivity index (χ3v) is 2.93. The molecule has 0 aromatic heterocycles. The molecule has 1 aromatic rings. The Hall–Kier alpha value is -1.33. The van der Waals surface area contributed by atoms with Crippen molar-refractivity contribution in [1.82, 2.24) is 0 Å². The van der Waals surface area contributed by atoms with Crippen molar-refractivity contribution in [2.75, 3.05) is 13.2 Å². The van der Waals surface area contributed by atoms with Crippen molar-refractivity contribution in [3.8, 4) is 0 Å². The maximum absolute atomic E-state index is 11.5. The highest BCUT2D eigenvalue weighted by Gasteiger charge is 2.25. The molecule has 0 radical (unpaired) electrons. The first-order chi connectivity index (χ1) is 7.75. The Morgan fingerprint density at radius 2 is 2.19 bits per heavy atom. The quantitative estimate of drug-likeness (QED) is 0.746. The monoisotopic (exact) mass is 238 g/mol. The molecule has 1 saturated heterocycles. The van der Waals surface area contributed by atoms with E-state index in [1.54, 1.807) is 24.3 Å². The third kappa shape index (κ3) is 2.84. The number of ether oxygens (including phenoxy) is 2. The van der Waals surface area contributed by atoms with Crippen molar-refractivity contribution in [1.29, 1.82) is 0 Å². The standard InChI is InChI=1S/C11H10O4S/c12-9-6-14-10(16-9)7-15-11(13)8-4-2-1-3-5-8/h1-5,10H,6-7H2. The summed E-state index contributed by atoms with van der Waals surface area (Å²) in [5.41, 5.74) is 0.136. The third-order valence-electron chi connectivity index (χ3n) is 2.01. The smallest absolute Gasteiger partial charge is 0.338 e. The number of carbonyl (C=O) groups is 2. The van der Waals surface area contributed by atoms with Crippen LogP contribution in [-0.4, -0.2) is 29.7 Å². The van der Waals surface area contributed by atoms with Crippen molar-refractivity contribution in [2.45, 2.75) is 5.44 Å². The molecule has 1 unspecified atom stereocenters. The zero-order valence-electron chi connectivity index (χ0n) is 8.42. The molecule has 1 heterocycles. The molecule has 1 aliphatic rings. The SMILES string of the molecule is O=C1COC(COC(=O)c2ccccc2)S1. The van der Waals surface area contributed by atoms with Crippen LogP contribution in [0.4, 0.5) is 0 Å². The van der Waals surface area contributed by atoms with E-state index >= 15 is 0 Å². The maximum Gasteiger partial charge on any atom is 0.338 e. The van der Waals surface area contributed by atoms with Gasteiger partial charge in [0.1, 0.15) is 18.6 Å². The lowest BCUT2D eigenvalue weighted by molar-refractivity contribution is -0.113. The number of thioether (sulfide) groups is 1. The van der Waals surface area contributed by atoms with Gasteiger partial charge in [-0.05, 0) is 12.1 Å². The number of carbonyl (C=O) groups excluding carboxylic acids is 2. The number of hydrogen-bond acceptors (Lipinski definition) is 5. The second-order valence-electron chi connectivity index (χ2n) is 3.19. The highest BCUT2D eigenvalue weighted by atomic mass is 32.2. The van der Waals surface area contributed by atoms with Gasteiger partial charge in [-0.25, -0.2) is 4.79 Å². The Bertz CT molecular complexity index is 390. The predicted octanol–water partition coefficient (Wildman–Crippen LogP) is 1.46. The van der Waals surface area contributed by atoms with E-state index in [9.17, 15) is 9.59 Å². The van der Waals surface area contributed by atoms with E-state index in [1.165, 1.54) is 0 Å². The maximum atomic E-state index is 11.5. The first-order valence-electron chi connectivity index (χ1n) is 4.79. The van der Waals surface area contributed by atoms with E-state index in [1.807, 2.05) is 6.07 Å². The fourth-order valence-corrected chi connectivity index (χ4v) is 1.96. The molecule has 0 saturated carbocycles. The lowest BCUT2D eigenvalue weighted by atomic mass is 10.2. The summed E-state index contributed by atoms with van der Waals surface area (Å²) >= 11 is 1.06. The predicted molar refractivity (Wildman–Crippen MR) is 59.1 cm³/mol. The summed E-state index contributed by atoms with van der Waals surface area (Å²) < 4.78 is 10.1. The Morgan fingerprint density at radius 3 is 2.81 bits per heavy atom. The van der Waals surface area contributed by atoms with Crippen LogP contribution in [-0.2, 0) is 14.3 Å². The molecule has 1 fully saturated rings. The summed E-state index contributed by atoms with van der Waals surface area (Å²) in [6.45, 7) is 0.197. The molecule has 0 amide bonds. The van der Waals surface area contributed by atoms with Gasteiger partial charge in [0, 0.05) is 0 Å². The topological polar surface area (TPSA) is 52.6 Å². The first kappa shape index (κ1) is 11.2. The van der Waals surface area contributed by atoms with Crippen LogP contribution in [0.3, 0.4) is 0 Å². The summed E-state index contributed by atoms with van der Waals surface area (Å²) in [6.07, 6.45) is 0. The van der Waals surface area contributed by atoms with Crippen LogP contribution in [0, 0.1) is 0 Å². The van der Waals surface area contributed by atoms with Gasteiger partial charge in [0.2, 0.25) is 5.12 Å². The molecule has 0 bridgehead atoms. The van der Waals surface area contributed by atoms with Crippen molar-refractivity contribution in [3.63, 3.8) is 0 Å². The van der Waals surface area contributed by atoms with Crippen LogP contribution >= 0.6 is 11.8 Å². The summed E-state index contributed by atoms with van der Waals surface area (Å²) in [6, 6.07) is 8.71. The van der Waals surface area contributed by atoms with E-state index in [-0.39, 0.29) is 23.8 Å². The largest absolute Gasteiger partial charge is 0.458 e. The molecule has 2 rings (SSSR count). The molecule has 0 spiro atoms. The molecular formula is C11H10O4S. The molecular weight excluding hydrogens is 228 g/mol. The lowest BCUT2D eigenvalue weighted by Crippen LogP contribution is -2.15. The van der Waals surface area contributed by atoms with Crippen LogP contribution in [0.25, 0.3) is 0 Å². The molecule has 1 aliphatic heterocycles. The number of hydrogen-bond donors (Lipinski definition) is 0. The molecule has 0 aliphatic carbocycles. The van der Waals surface area contributed by atoms with Crippen LogP contribution in [0.2, 0.25) is 0 Å². The summed E-state index contributed by atoms with van der Waals surface area (Å²) in [5, 5.41) is -0.0271. The van der Waals surface area contributed by atoms with Gasteiger partial charge >= 0.3 is 5.97 Å². The van der Waals surface area contributed by atoms with E-state index in [2.05, 4.69) is 0 Å². The fraction of sp³-hybridized carbons (Fsp3) is 0.273. The van der Waals surface area contributed by atoms with Crippen molar-refractivity contribution < 1.29 is 19.1 Å². The number of benzene rings is 1. The first-order valence-corrected chi connectivity index (χ1v) is 5.67. The zero-order valence-corrected chi connectivity index (χ0v) is 9.24. The van der Waals surface area contributed by atoms with Gasteiger partial charge in [0.15, 0.2) is 0 Å². The molecule has 0 N–H and O–H groups in total. The number of rotatable bonds is 3. The highest BCUT2D eigenvalue weighted by molar-refractivity contribution is 8.14. The molecule has 84 valence electrons. The van der Waals surface area contributed by atoms with Crippen molar-refractivity contribution >= 4 is 22.8 Å². The van der Waals surface area contributed by atoms with E-state index in [4.69, 9.17) is 9.47 Å². The highest BCUT2D eigenvalue weighted by Crippen LogP contribution is 2.21. The van der Waals surface area contributed by atoms with Gasteiger partial charge in [-0.1, -0.05) is 30.0 Å². The Labute approximate surface area is 96.9 Å². The minimum atomic E-state index is -0.399. The average Bonchev–Trinajstić information content (AvgIpc) is 2.73. The van der Waals surface area contributed by atoms with E-state index < -0.39 is 5.97 Å². The second kappa shape index (κ2) is 5.14. The van der Waals surface area contributed by atoms with Gasteiger partial charge in [-0.3, -0.25) is 4.79 Å². The van der Waals surface area contributed by atoms with Gasteiger partial charge in [0.05, 0.1) is 5.56 Å². The summed E-state index contributed by atoms with van der Waals surface area (Å²) in [7, 11) is 0. The van der Waals surface area contributed by atoms with Gasteiger partial charge in [-0.15, -0.1) is 0 Å². The Morgan fingerprint density at radius 1 is 1.44 bits per heavy atom. The average molecular weight is 238 g/mol. The number of esters is 1. The van der Waals surface area contributed by atoms with E-state index in [0.29, 0.717) is 5.56 Å². The molecule has 16 heavy (non-hydrogen) atoms. The molecule has 1 aromatic carbocycles. The lowest BCUT2D eigenvalue weighted by Gasteiger charge is -2.08. The van der Waals surface area contributed by atoms with E-state index in [0.717, 1.165) is 11.8 Å². The minimum absolute atomic E-state index is 0.0271. The van der Waals surface area contributed by atoms with Crippen LogP contribution < -0.4 is 0 Å². The minimum Gasteiger partial charge on any atom is -0.458 e. The van der Waals surface area contributed by atoms with Gasteiger partial charge in [-0.2, -0.15) is 0 Å². The Kier molecular flexibility index (Phi) is 3.58. The molecule has 4 nitrogen and oxygen atoms in total. The van der Waals surface area contributed by atoms with Crippen molar-refractivity contribution in [2.24, 2.45) is 0 Å². The fourth-order valence-electron chi connectivity index (χ4n) is 1.26. The van der Waals surface area contributed by atoms with Crippen LogP contribution in [0.1, 0.15) is 10.4 Å².